The Bertz CT molecular complexity index is 709. The third kappa shape index (κ3) is 5.16. The smallest absolute Gasteiger partial charge is 0.234 e. The molecule has 1 atom stereocenters. The molecular weight excluding hydrogens is 312 g/mol. The molecule has 2 aromatic rings. The highest BCUT2D eigenvalue weighted by Gasteiger charge is 2.22. The average molecular weight is 340 g/mol. The lowest BCUT2D eigenvalue weighted by Gasteiger charge is -2.32. The van der Waals surface area contributed by atoms with Crippen molar-refractivity contribution < 1.29 is 4.79 Å². The molecule has 1 saturated heterocycles. The van der Waals surface area contributed by atoms with Crippen molar-refractivity contribution >= 4 is 5.91 Å². The summed E-state index contributed by atoms with van der Waals surface area (Å²) in [7, 11) is 2.04. The number of nitrogens with one attached hydrogen (secondary N) is 1. The Balaban J connectivity index is 1.45. The van der Waals surface area contributed by atoms with Crippen LogP contribution in [0, 0.1) is 12.8 Å². The van der Waals surface area contributed by atoms with Crippen molar-refractivity contribution in [2.75, 3.05) is 19.6 Å². The van der Waals surface area contributed by atoms with E-state index in [1.54, 1.807) is 0 Å². The van der Waals surface area contributed by atoms with Crippen LogP contribution in [-0.2, 0) is 24.8 Å². The fourth-order valence-corrected chi connectivity index (χ4v) is 3.59. The van der Waals surface area contributed by atoms with Crippen molar-refractivity contribution in [1.29, 1.82) is 0 Å². The average Bonchev–Trinajstić information content (AvgIpc) is 2.98. The maximum Gasteiger partial charge on any atom is 0.234 e. The Morgan fingerprint density at radius 2 is 2.28 bits per heavy atom. The van der Waals surface area contributed by atoms with Crippen molar-refractivity contribution in [2.24, 2.45) is 13.0 Å². The van der Waals surface area contributed by atoms with E-state index in [-0.39, 0.29) is 5.91 Å². The van der Waals surface area contributed by atoms with E-state index in [4.69, 9.17) is 0 Å². The maximum absolute atomic E-state index is 12.3. The number of benzene rings is 1. The van der Waals surface area contributed by atoms with Crippen LogP contribution < -0.4 is 5.32 Å². The van der Waals surface area contributed by atoms with Crippen molar-refractivity contribution in [1.82, 2.24) is 19.8 Å². The fourth-order valence-electron chi connectivity index (χ4n) is 3.59. The first-order valence-electron chi connectivity index (χ1n) is 9.11. The quantitative estimate of drug-likeness (QED) is 0.878. The van der Waals surface area contributed by atoms with Crippen LogP contribution >= 0.6 is 0 Å². The topological polar surface area (TPSA) is 50.2 Å². The van der Waals surface area contributed by atoms with Crippen LogP contribution in [0.3, 0.4) is 0 Å². The summed E-state index contributed by atoms with van der Waals surface area (Å²) in [6.45, 7) is 5.15. The first-order chi connectivity index (χ1) is 12.1. The van der Waals surface area contributed by atoms with Crippen LogP contribution in [0.5, 0.6) is 0 Å². The maximum atomic E-state index is 12.3. The summed E-state index contributed by atoms with van der Waals surface area (Å²) in [6.07, 6.45) is 7.21. The zero-order valence-corrected chi connectivity index (χ0v) is 15.2. The number of rotatable bonds is 6. The van der Waals surface area contributed by atoms with Gasteiger partial charge in [-0.15, -0.1) is 0 Å². The van der Waals surface area contributed by atoms with Crippen molar-refractivity contribution in [3.8, 4) is 0 Å². The summed E-state index contributed by atoms with van der Waals surface area (Å²) >= 11 is 0. The molecule has 134 valence electrons. The fraction of sp³-hybridized carbons (Fsp3) is 0.500. The Morgan fingerprint density at radius 3 is 3.04 bits per heavy atom. The van der Waals surface area contributed by atoms with Gasteiger partial charge in [-0.05, 0) is 37.8 Å². The molecule has 1 aliphatic rings. The lowest BCUT2D eigenvalue weighted by molar-refractivity contribution is -0.122. The van der Waals surface area contributed by atoms with E-state index < -0.39 is 0 Å². The number of likely N-dealkylation sites (tertiary alicyclic amines) is 1. The van der Waals surface area contributed by atoms with Crippen LogP contribution in [0.1, 0.15) is 29.8 Å². The third-order valence-electron chi connectivity index (χ3n) is 4.93. The molecule has 25 heavy (non-hydrogen) atoms. The van der Waals surface area contributed by atoms with Gasteiger partial charge in [0.1, 0.15) is 5.82 Å². The molecular formula is C20H28N4O. The van der Waals surface area contributed by atoms with Crippen LogP contribution in [0.25, 0.3) is 0 Å². The lowest BCUT2D eigenvalue weighted by atomic mass is 9.94. The number of hydrogen-bond acceptors (Lipinski definition) is 3. The van der Waals surface area contributed by atoms with Crippen LogP contribution in [0.2, 0.25) is 0 Å². The monoisotopic (exact) mass is 340 g/mol. The zero-order chi connectivity index (χ0) is 17.6. The van der Waals surface area contributed by atoms with Gasteiger partial charge >= 0.3 is 0 Å². The molecule has 0 bridgehead atoms. The highest BCUT2D eigenvalue weighted by Crippen LogP contribution is 2.19. The van der Waals surface area contributed by atoms with Gasteiger partial charge in [0.25, 0.3) is 0 Å². The molecule has 1 amide bonds. The number of carbonyl (C=O) groups excluding carboxylic acids is 1. The van der Waals surface area contributed by atoms with E-state index in [2.05, 4.69) is 44.9 Å². The van der Waals surface area contributed by atoms with E-state index in [0.29, 0.717) is 19.0 Å². The number of piperidine rings is 1. The summed E-state index contributed by atoms with van der Waals surface area (Å²) in [5.41, 5.74) is 2.37. The Morgan fingerprint density at radius 1 is 1.40 bits per heavy atom. The van der Waals surface area contributed by atoms with Gasteiger partial charge in [-0.2, -0.15) is 0 Å². The summed E-state index contributed by atoms with van der Waals surface area (Å²) in [5, 5.41) is 3.05. The number of hydrogen-bond donors (Lipinski definition) is 1. The highest BCUT2D eigenvalue weighted by molar-refractivity contribution is 5.78. The Labute approximate surface area is 150 Å². The van der Waals surface area contributed by atoms with E-state index in [1.807, 2.05) is 25.5 Å². The van der Waals surface area contributed by atoms with Crippen molar-refractivity contribution in [3.05, 3.63) is 53.6 Å². The Kier molecular flexibility index (Phi) is 5.87. The third-order valence-corrected chi connectivity index (χ3v) is 4.93. The van der Waals surface area contributed by atoms with Gasteiger partial charge in [0.15, 0.2) is 0 Å². The molecule has 5 nitrogen and oxygen atoms in total. The van der Waals surface area contributed by atoms with Gasteiger partial charge in [-0.1, -0.05) is 29.8 Å². The lowest BCUT2D eigenvalue weighted by Crippen LogP contribution is -2.43. The summed E-state index contributed by atoms with van der Waals surface area (Å²) < 4.78 is 2.09. The molecule has 3 rings (SSSR count). The molecule has 1 aromatic heterocycles. The van der Waals surface area contributed by atoms with E-state index in [9.17, 15) is 4.79 Å². The van der Waals surface area contributed by atoms with Gasteiger partial charge in [0, 0.05) is 39.0 Å². The molecule has 0 aliphatic carbocycles. The van der Waals surface area contributed by atoms with Gasteiger partial charge in [-0.3, -0.25) is 9.69 Å². The molecule has 2 heterocycles. The van der Waals surface area contributed by atoms with Crippen molar-refractivity contribution in [2.45, 2.75) is 32.7 Å². The normalized spacial score (nSPS) is 18.2. The summed E-state index contributed by atoms with van der Waals surface area (Å²) in [6, 6.07) is 8.27. The molecule has 1 N–H and O–H groups in total. The van der Waals surface area contributed by atoms with Gasteiger partial charge in [-0.25, -0.2) is 4.98 Å². The van der Waals surface area contributed by atoms with Gasteiger partial charge in [0.05, 0.1) is 6.54 Å². The predicted octanol–water partition coefficient (Wildman–Crippen LogP) is 2.30. The largest absolute Gasteiger partial charge is 0.351 e. The standard InChI is InChI=1S/C20H28N4O/c1-16-5-3-6-17(11-16)13-22-20(25)15-24-9-4-7-18(14-24)12-19-21-8-10-23(19)2/h3,5-6,8,10-11,18H,4,7,9,12-15H2,1-2H3,(H,22,25)/t18-/m1/s1. The second kappa shape index (κ2) is 8.30. The highest BCUT2D eigenvalue weighted by atomic mass is 16.2. The van der Waals surface area contributed by atoms with E-state index in [0.717, 1.165) is 37.3 Å². The van der Waals surface area contributed by atoms with Gasteiger partial charge in [0.2, 0.25) is 5.91 Å². The second-order valence-electron chi connectivity index (χ2n) is 7.17. The van der Waals surface area contributed by atoms with Crippen LogP contribution in [0.15, 0.2) is 36.7 Å². The minimum Gasteiger partial charge on any atom is -0.351 e. The number of aryl methyl sites for hydroxylation is 2. The van der Waals surface area contributed by atoms with Gasteiger partial charge < -0.3 is 9.88 Å². The van der Waals surface area contributed by atoms with Crippen LogP contribution in [0.4, 0.5) is 0 Å². The SMILES string of the molecule is Cc1cccc(CNC(=O)CN2CCC[C@H](Cc3nccn3C)C2)c1. The first kappa shape index (κ1) is 17.7. The number of nitrogens with zero attached hydrogens (tertiary/aromatic N) is 3. The minimum atomic E-state index is 0.110. The molecule has 1 aliphatic heterocycles. The number of amides is 1. The molecule has 5 heteroatoms. The van der Waals surface area contributed by atoms with E-state index >= 15 is 0 Å². The molecule has 0 radical (unpaired) electrons. The molecule has 0 spiro atoms. The minimum absolute atomic E-state index is 0.110. The van der Waals surface area contributed by atoms with E-state index in [1.165, 1.54) is 12.0 Å². The second-order valence-corrected chi connectivity index (χ2v) is 7.17. The zero-order valence-electron chi connectivity index (χ0n) is 15.2. The first-order valence-corrected chi connectivity index (χ1v) is 9.11. The summed E-state index contributed by atoms with van der Waals surface area (Å²) in [4.78, 5) is 19.0. The predicted molar refractivity (Wildman–Crippen MR) is 99.1 cm³/mol. The Hall–Kier alpha value is -2.14. The molecule has 0 saturated carbocycles. The number of aromatic nitrogens is 2. The molecule has 1 aromatic carbocycles. The molecule has 0 unspecified atom stereocenters. The number of carbonyl (C=O) groups is 1. The summed E-state index contributed by atoms with van der Waals surface area (Å²) in [5.74, 6) is 1.83. The van der Waals surface area contributed by atoms with Crippen molar-refractivity contribution in [3.63, 3.8) is 0 Å². The number of imidazole rings is 1. The van der Waals surface area contributed by atoms with Crippen LogP contribution in [-0.4, -0.2) is 40.0 Å². The molecule has 1 fully saturated rings.